The summed E-state index contributed by atoms with van der Waals surface area (Å²) in [4.78, 5) is 2.28. The molecule has 1 aliphatic rings. The molecular formula is C13H28N2O2. The predicted octanol–water partition coefficient (Wildman–Crippen LogP) is 0.704. The quantitative estimate of drug-likeness (QED) is 0.747. The Kier molecular flexibility index (Phi) is 5.86. The molecule has 4 nitrogen and oxygen atoms in total. The van der Waals surface area contributed by atoms with Crippen molar-refractivity contribution in [2.45, 2.75) is 39.4 Å². The lowest BCUT2D eigenvalue weighted by Crippen LogP contribution is -2.46. The number of ether oxygens (including phenoxy) is 1. The first-order valence-electron chi connectivity index (χ1n) is 6.56. The lowest BCUT2D eigenvalue weighted by atomic mass is 9.89. The summed E-state index contributed by atoms with van der Waals surface area (Å²) in [7, 11) is 2.12. The van der Waals surface area contributed by atoms with E-state index in [1.807, 2.05) is 0 Å². The predicted molar refractivity (Wildman–Crippen MR) is 70.2 cm³/mol. The molecule has 0 aromatic heterocycles. The van der Waals surface area contributed by atoms with Crippen molar-refractivity contribution in [2.75, 3.05) is 39.8 Å². The molecule has 0 amide bonds. The van der Waals surface area contributed by atoms with Gasteiger partial charge in [-0.15, -0.1) is 0 Å². The van der Waals surface area contributed by atoms with Gasteiger partial charge in [-0.1, -0.05) is 20.8 Å². The number of likely N-dealkylation sites (N-methyl/N-ethyl adjacent to an activating group) is 1. The van der Waals surface area contributed by atoms with Crippen LogP contribution >= 0.6 is 0 Å². The first kappa shape index (κ1) is 14.9. The fourth-order valence-electron chi connectivity index (χ4n) is 2.18. The highest BCUT2D eigenvalue weighted by atomic mass is 16.5. The van der Waals surface area contributed by atoms with Crippen LogP contribution in [0.25, 0.3) is 0 Å². The summed E-state index contributed by atoms with van der Waals surface area (Å²) in [6.07, 6.45) is 0.817. The normalized spacial score (nSPS) is 24.9. The van der Waals surface area contributed by atoms with E-state index in [-0.39, 0.29) is 17.6 Å². The molecule has 102 valence electrons. The molecule has 0 aromatic carbocycles. The number of aliphatic hydroxyl groups is 1. The van der Waals surface area contributed by atoms with Gasteiger partial charge in [-0.3, -0.25) is 0 Å². The van der Waals surface area contributed by atoms with Gasteiger partial charge in [0.2, 0.25) is 0 Å². The molecule has 1 rings (SSSR count). The summed E-state index contributed by atoms with van der Waals surface area (Å²) in [6.45, 7) is 10.7. The fourth-order valence-corrected chi connectivity index (χ4v) is 2.18. The molecule has 4 heteroatoms. The van der Waals surface area contributed by atoms with E-state index in [4.69, 9.17) is 4.74 Å². The Labute approximate surface area is 105 Å². The number of morpholine rings is 1. The van der Waals surface area contributed by atoms with Crippen molar-refractivity contribution in [3.8, 4) is 0 Å². The molecule has 1 heterocycles. The van der Waals surface area contributed by atoms with Crippen LogP contribution in [0, 0.1) is 5.41 Å². The van der Waals surface area contributed by atoms with Crippen molar-refractivity contribution in [2.24, 2.45) is 5.41 Å². The first-order valence-corrected chi connectivity index (χ1v) is 6.56. The Morgan fingerprint density at radius 1 is 1.47 bits per heavy atom. The highest BCUT2D eigenvalue weighted by Crippen LogP contribution is 2.20. The molecule has 0 radical (unpaired) electrons. The van der Waals surface area contributed by atoms with Crippen molar-refractivity contribution in [3.05, 3.63) is 0 Å². The third kappa shape index (κ3) is 6.99. The maximum absolute atomic E-state index is 9.85. The number of nitrogens with one attached hydrogen (secondary N) is 1. The number of hydrogen-bond acceptors (Lipinski definition) is 4. The largest absolute Gasteiger partial charge is 0.392 e. The second-order valence-corrected chi connectivity index (χ2v) is 6.33. The average Bonchev–Trinajstić information content (AvgIpc) is 2.14. The lowest BCUT2D eigenvalue weighted by molar-refractivity contribution is -0.0194. The van der Waals surface area contributed by atoms with Crippen molar-refractivity contribution >= 4 is 0 Å². The Balaban J connectivity index is 2.10. The summed E-state index contributed by atoms with van der Waals surface area (Å²) in [6, 6.07) is 0. The van der Waals surface area contributed by atoms with Crippen molar-refractivity contribution in [1.82, 2.24) is 10.2 Å². The average molecular weight is 244 g/mol. The molecule has 1 fully saturated rings. The molecule has 1 saturated heterocycles. The molecule has 17 heavy (non-hydrogen) atoms. The standard InChI is InChI=1S/C13H28N2O2/c1-13(2,3)7-11(16)8-14-9-12-10-15(4)5-6-17-12/h11-12,14,16H,5-10H2,1-4H3. The Morgan fingerprint density at radius 3 is 2.76 bits per heavy atom. The molecule has 1 aliphatic heterocycles. The van der Waals surface area contributed by atoms with Crippen molar-refractivity contribution in [1.29, 1.82) is 0 Å². The zero-order valence-corrected chi connectivity index (χ0v) is 11.7. The van der Waals surface area contributed by atoms with Gasteiger partial charge in [-0.2, -0.15) is 0 Å². The molecular weight excluding hydrogens is 216 g/mol. The van der Waals surface area contributed by atoms with Crippen molar-refractivity contribution in [3.63, 3.8) is 0 Å². The Bertz CT molecular complexity index is 216. The molecule has 0 bridgehead atoms. The summed E-state index contributed by atoms with van der Waals surface area (Å²) >= 11 is 0. The second kappa shape index (κ2) is 6.69. The van der Waals surface area contributed by atoms with E-state index in [0.29, 0.717) is 6.54 Å². The van der Waals surface area contributed by atoms with Crippen LogP contribution in [-0.2, 0) is 4.74 Å². The molecule has 2 N–H and O–H groups in total. The number of hydrogen-bond donors (Lipinski definition) is 2. The van der Waals surface area contributed by atoms with E-state index in [0.717, 1.165) is 32.7 Å². The van der Waals surface area contributed by atoms with Gasteiger partial charge in [0, 0.05) is 26.2 Å². The van der Waals surface area contributed by atoms with Crippen molar-refractivity contribution < 1.29 is 9.84 Å². The topological polar surface area (TPSA) is 44.7 Å². The van der Waals surface area contributed by atoms with E-state index >= 15 is 0 Å². The van der Waals surface area contributed by atoms with Crippen LogP contribution in [0.5, 0.6) is 0 Å². The van der Waals surface area contributed by atoms with Gasteiger partial charge in [0.25, 0.3) is 0 Å². The van der Waals surface area contributed by atoms with Crippen LogP contribution < -0.4 is 5.32 Å². The van der Waals surface area contributed by atoms with Gasteiger partial charge in [-0.25, -0.2) is 0 Å². The zero-order valence-electron chi connectivity index (χ0n) is 11.7. The van der Waals surface area contributed by atoms with Gasteiger partial charge in [-0.05, 0) is 18.9 Å². The van der Waals surface area contributed by atoms with Gasteiger partial charge < -0.3 is 20.1 Å². The van der Waals surface area contributed by atoms with Crippen LogP contribution in [0.3, 0.4) is 0 Å². The summed E-state index contributed by atoms with van der Waals surface area (Å²) in [5.41, 5.74) is 0.183. The van der Waals surface area contributed by atoms with Crippen LogP contribution in [0.1, 0.15) is 27.2 Å². The Hall–Kier alpha value is -0.160. The second-order valence-electron chi connectivity index (χ2n) is 6.33. The Morgan fingerprint density at radius 2 is 2.18 bits per heavy atom. The summed E-state index contributed by atoms with van der Waals surface area (Å²) in [5, 5.41) is 13.1. The van der Waals surface area contributed by atoms with E-state index in [1.54, 1.807) is 0 Å². The monoisotopic (exact) mass is 244 g/mol. The minimum absolute atomic E-state index is 0.183. The van der Waals surface area contributed by atoms with Crippen LogP contribution in [0.15, 0.2) is 0 Å². The van der Waals surface area contributed by atoms with Gasteiger partial charge in [0.15, 0.2) is 0 Å². The highest BCUT2D eigenvalue weighted by Gasteiger charge is 2.19. The van der Waals surface area contributed by atoms with Crippen LogP contribution in [0.4, 0.5) is 0 Å². The minimum Gasteiger partial charge on any atom is -0.392 e. The number of rotatable bonds is 5. The molecule has 2 unspecified atom stereocenters. The van der Waals surface area contributed by atoms with E-state index in [9.17, 15) is 5.11 Å². The zero-order chi connectivity index (χ0) is 12.9. The smallest absolute Gasteiger partial charge is 0.0826 e. The van der Waals surface area contributed by atoms with Gasteiger partial charge in [0.1, 0.15) is 0 Å². The van der Waals surface area contributed by atoms with E-state index in [1.165, 1.54) is 0 Å². The molecule has 0 aromatic rings. The SMILES string of the molecule is CN1CCOC(CNCC(O)CC(C)(C)C)C1. The lowest BCUT2D eigenvalue weighted by Gasteiger charge is -2.30. The number of aliphatic hydroxyl groups excluding tert-OH is 1. The van der Waals surface area contributed by atoms with E-state index in [2.05, 4.69) is 38.0 Å². The minimum atomic E-state index is -0.267. The molecule has 2 atom stereocenters. The maximum Gasteiger partial charge on any atom is 0.0826 e. The van der Waals surface area contributed by atoms with E-state index < -0.39 is 0 Å². The number of nitrogens with zero attached hydrogens (tertiary/aromatic N) is 1. The summed E-state index contributed by atoms with van der Waals surface area (Å²) in [5.74, 6) is 0. The maximum atomic E-state index is 9.85. The fraction of sp³-hybridized carbons (Fsp3) is 1.00. The molecule has 0 spiro atoms. The third-order valence-electron chi connectivity index (χ3n) is 2.94. The highest BCUT2D eigenvalue weighted by molar-refractivity contribution is 4.74. The molecule has 0 aliphatic carbocycles. The first-order chi connectivity index (χ1) is 7.87. The van der Waals surface area contributed by atoms with Crippen LogP contribution in [-0.4, -0.2) is 62.0 Å². The van der Waals surface area contributed by atoms with Gasteiger partial charge >= 0.3 is 0 Å². The van der Waals surface area contributed by atoms with Gasteiger partial charge in [0.05, 0.1) is 18.8 Å². The summed E-state index contributed by atoms with van der Waals surface area (Å²) < 4.78 is 5.65. The third-order valence-corrected chi connectivity index (χ3v) is 2.94. The van der Waals surface area contributed by atoms with Crippen LogP contribution in [0.2, 0.25) is 0 Å². The molecule has 0 saturated carbocycles.